The van der Waals surface area contributed by atoms with Gasteiger partial charge in [0, 0.05) is 12.2 Å². The lowest BCUT2D eigenvalue weighted by atomic mass is 10.0. The van der Waals surface area contributed by atoms with Gasteiger partial charge in [0.25, 0.3) is 0 Å². The highest BCUT2D eigenvalue weighted by atomic mass is 32.1. The van der Waals surface area contributed by atoms with E-state index in [-0.39, 0.29) is 6.04 Å². The quantitative estimate of drug-likeness (QED) is 0.812. The molecular formula is C16H22N2O2S. The second-order valence-corrected chi connectivity index (χ2v) is 5.78. The fourth-order valence-corrected chi connectivity index (χ4v) is 2.54. The molecule has 0 spiro atoms. The molecule has 0 bridgehead atoms. The van der Waals surface area contributed by atoms with E-state index in [2.05, 4.69) is 18.0 Å². The largest absolute Gasteiger partial charge is 0.490 e. The van der Waals surface area contributed by atoms with E-state index in [1.807, 2.05) is 25.3 Å². The molecule has 4 nitrogen and oxygen atoms in total. The van der Waals surface area contributed by atoms with Crippen LogP contribution in [0.4, 0.5) is 0 Å². The van der Waals surface area contributed by atoms with E-state index in [0.29, 0.717) is 13.2 Å². The summed E-state index contributed by atoms with van der Waals surface area (Å²) < 4.78 is 11.7. The zero-order chi connectivity index (χ0) is 15.1. The lowest BCUT2D eigenvalue weighted by molar-refractivity contribution is 0.268. The third-order valence-electron chi connectivity index (χ3n) is 3.21. The van der Waals surface area contributed by atoms with Gasteiger partial charge in [-0.15, -0.1) is 11.3 Å². The van der Waals surface area contributed by atoms with E-state index in [4.69, 9.17) is 15.2 Å². The molecule has 1 heterocycles. The van der Waals surface area contributed by atoms with Gasteiger partial charge in [-0.3, -0.25) is 4.98 Å². The summed E-state index contributed by atoms with van der Waals surface area (Å²) in [7, 11) is 0. The molecule has 0 saturated heterocycles. The molecule has 1 atom stereocenters. The Labute approximate surface area is 129 Å². The van der Waals surface area contributed by atoms with Crippen molar-refractivity contribution < 1.29 is 9.47 Å². The average Bonchev–Trinajstić information content (AvgIpc) is 3.00. The number of nitrogens with zero attached hydrogens (tertiary/aromatic N) is 1. The van der Waals surface area contributed by atoms with Gasteiger partial charge in [-0.2, -0.15) is 0 Å². The molecule has 2 N–H and O–H groups in total. The van der Waals surface area contributed by atoms with E-state index in [1.165, 1.54) is 0 Å². The molecule has 0 aliphatic carbocycles. The Hall–Kier alpha value is -1.59. The molecule has 0 amide bonds. The first kappa shape index (κ1) is 15.8. The molecule has 0 radical (unpaired) electrons. The normalized spacial score (nSPS) is 12.1. The van der Waals surface area contributed by atoms with Crippen molar-refractivity contribution in [2.75, 3.05) is 6.61 Å². The highest BCUT2D eigenvalue weighted by Gasteiger charge is 2.14. The summed E-state index contributed by atoms with van der Waals surface area (Å²) in [6, 6.07) is 6.11. The summed E-state index contributed by atoms with van der Waals surface area (Å²) >= 11 is 1.58. The molecule has 21 heavy (non-hydrogen) atoms. The lowest BCUT2D eigenvalue weighted by Gasteiger charge is -2.17. The van der Waals surface area contributed by atoms with Crippen molar-refractivity contribution >= 4 is 11.3 Å². The predicted molar refractivity (Wildman–Crippen MR) is 86.0 cm³/mol. The number of aromatic nitrogens is 1. The number of nitrogens with two attached hydrogens (primary N) is 1. The van der Waals surface area contributed by atoms with Gasteiger partial charge in [-0.1, -0.05) is 19.1 Å². The Kier molecular flexibility index (Phi) is 6.02. The minimum Gasteiger partial charge on any atom is -0.490 e. The van der Waals surface area contributed by atoms with Crippen LogP contribution in [0.3, 0.4) is 0 Å². The van der Waals surface area contributed by atoms with Crippen LogP contribution in [0.5, 0.6) is 11.5 Å². The van der Waals surface area contributed by atoms with E-state index >= 15 is 0 Å². The number of thiazole rings is 1. The van der Waals surface area contributed by atoms with Gasteiger partial charge in [0.05, 0.1) is 17.0 Å². The van der Waals surface area contributed by atoms with Crippen molar-refractivity contribution in [1.82, 2.24) is 4.98 Å². The first-order valence-corrected chi connectivity index (χ1v) is 8.13. The summed E-state index contributed by atoms with van der Waals surface area (Å²) in [6.45, 7) is 5.18. The first-order valence-electron chi connectivity index (χ1n) is 7.25. The Balaban J connectivity index is 2.20. The molecule has 1 aromatic heterocycles. The molecule has 0 saturated carbocycles. The van der Waals surface area contributed by atoms with E-state index in [0.717, 1.165) is 34.8 Å². The smallest absolute Gasteiger partial charge is 0.164 e. The van der Waals surface area contributed by atoms with Crippen LogP contribution < -0.4 is 15.2 Å². The van der Waals surface area contributed by atoms with Gasteiger partial charge in [-0.05, 0) is 31.4 Å². The van der Waals surface area contributed by atoms with Crippen molar-refractivity contribution in [3.63, 3.8) is 0 Å². The number of hydrogen-bond donors (Lipinski definition) is 1. The molecule has 1 unspecified atom stereocenters. The van der Waals surface area contributed by atoms with Crippen LogP contribution in [-0.2, 0) is 13.0 Å². The standard InChI is InChI=1S/C16H22N2O2S/c1-3-13(17)8-12-6-5-7-15(19-4-2)16(12)20-10-14-9-18-11-21-14/h5-7,9,11,13H,3-4,8,10,17H2,1-2H3. The molecule has 1 aromatic carbocycles. The third kappa shape index (κ3) is 4.44. The predicted octanol–water partition coefficient (Wildman–Crippen LogP) is 3.40. The number of hydrogen-bond acceptors (Lipinski definition) is 5. The second kappa shape index (κ2) is 8.00. The average molecular weight is 306 g/mol. The number of benzene rings is 1. The lowest BCUT2D eigenvalue weighted by Crippen LogP contribution is -2.21. The van der Waals surface area contributed by atoms with E-state index in [1.54, 1.807) is 16.8 Å². The van der Waals surface area contributed by atoms with Gasteiger partial charge in [0.1, 0.15) is 6.61 Å². The molecule has 2 rings (SSSR count). The number of ether oxygens (including phenoxy) is 2. The zero-order valence-electron chi connectivity index (χ0n) is 12.5. The summed E-state index contributed by atoms with van der Waals surface area (Å²) in [6.07, 6.45) is 3.55. The molecule has 0 fully saturated rings. The molecular weight excluding hydrogens is 284 g/mol. The monoisotopic (exact) mass is 306 g/mol. The molecule has 5 heteroatoms. The minimum atomic E-state index is 0.132. The van der Waals surface area contributed by atoms with Gasteiger partial charge in [0.2, 0.25) is 0 Å². The van der Waals surface area contributed by atoms with Crippen molar-refractivity contribution in [1.29, 1.82) is 0 Å². The summed E-state index contributed by atoms with van der Waals surface area (Å²) in [4.78, 5) is 5.15. The van der Waals surface area contributed by atoms with Crippen molar-refractivity contribution in [2.24, 2.45) is 5.73 Å². The van der Waals surface area contributed by atoms with E-state index in [9.17, 15) is 0 Å². The molecule has 0 aliphatic heterocycles. The Bertz CT molecular complexity index is 543. The molecule has 0 aliphatic rings. The summed E-state index contributed by atoms with van der Waals surface area (Å²) in [5.41, 5.74) is 8.99. The topological polar surface area (TPSA) is 57.4 Å². The Morgan fingerprint density at radius 2 is 2.14 bits per heavy atom. The summed E-state index contributed by atoms with van der Waals surface area (Å²) in [5.74, 6) is 1.58. The SMILES string of the molecule is CCOc1cccc(CC(N)CC)c1OCc1cncs1. The highest BCUT2D eigenvalue weighted by molar-refractivity contribution is 7.09. The van der Waals surface area contributed by atoms with Crippen LogP contribution >= 0.6 is 11.3 Å². The fraction of sp³-hybridized carbons (Fsp3) is 0.438. The molecule has 114 valence electrons. The first-order chi connectivity index (χ1) is 10.2. The Morgan fingerprint density at radius 1 is 1.29 bits per heavy atom. The van der Waals surface area contributed by atoms with Crippen LogP contribution in [-0.4, -0.2) is 17.6 Å². The van der Waals surface area contributed by atoms with Gasteiger partial charge in [-0.25, -0.2) is 0 Å². The van der Waals surface area contributed by atoms with Gasteiger partial charge < -0.3 is 15.2 Å². The van der Waals surface area contributed by atoms with Crippen LogP contribution in [0.15, 0.2) is 29.9 Å². The summed E-state index contributed by atoms with van der Waals surface area (Å²) in [5, 5.41) is 0. The number of rotatable bonds is 8. The van der Waals surface area contributed by atoms with Crippen LogP contribution in [0.2, 0.25) is 0 Å². The van der Waals surface area contributed by atoms with Crippen molar-refractivity contribution in [2.45, 2.75) is 39.3 Å². The molecule has 2 aromatic rings. The van der Waals surface area contributed by atoms with Crippen LogP contribution in [0, 0.1) is 0 Å². The minimum absolute atomic E-state index is 0.132. The van der Waals surface area contributed by atoms with Crippen molar-refractivity contribution in [3.05, 3.63) is 40.3 Å². The zero-order valence-corrected chi connectivity index (χ0v) is 13.4. The van der Waals surface area contributed by atoms with Crippen LogP contribution in [0.1, 0.15) is 30.7 Å². The second-order valence-electron chi connectivity index (χ2n) is 4.81. The number of para-hydroxylation sites is 1. The maximum absolute atomic E-state index is 6.08. The van der Waals surface area contributed by atoms with Crippen LogP contribution in [0.25, 0.3) is 0 Å². The third-order valence-corrected chi connectivity index (χ3v) is 3.96. The maximum atomic E-state index is 6.08. The van der Waals surface area contributed by atoms with Gasteiger partial charge >= 0.3 is 0 Å². The van der Waals surface area contributed by atoms with Crippen molar-refractivity contribution in [3.8, 4) is 11.5 Å². The highest BCUT2D eigenvalue weighted by Crippen LogP contribution is 2.33. The van der Waals surface area contributed by atoms with Gasteiger partial charge in [0.15, 0.2) is 11.5 Å². The maximum Gasteiger partial charge on any atom is 0.164 e. The fourth-order valence-electron chi connectivity index (χ4n) is 2.04. The van der Waals surface area contributed by atoms with E-state index < -0.39 is 0 Å². The Morgan fingerprint density at radius 3 is 2.81 bits per heavy atom.